The summed E-state index contributed by atoms with van der Waals surface area (Å²) in [4.78, 5) is 4.46. The first-order chi connectivity index (χ1) is 11.0. The summed E-state index contributed by atoms with van der Waals surface area (Å²) in [5.41, 5.74) is 10.2. The molecule has 1 unspecified atom stereocenters. The third-order valence-electron chi connectivity index (χ3n) is 3.83. The molecule has 0 aliphatic heterocycles. The second-order valence-corrected chi connectivity index (χ2v) is 6.35. The SMILES string of the molecule is Cc1cn(-c2cc(Cl)ccc2C(N)c2ccccc2Cl)c(C)n1. The minimum absolute atomic E-state index is 0.349. The highest BCUT2D eigenvalue weighted by Gasteiger charge is 2.18. The van der Waals surface area contributed by atoms with E-state index in [1.165, 1.54) is 0 Å². The molecule has 3 rings (SSSR count). The van der Waals surface area contributed by atoms with E-state index in [1.54, 1.807) is 0 Å². The Balaban J connectivity index is 2.17. The van der Waals surface area contributed by atoms with Crippen molar-refractivity contribution in [3.8, 4) is 5.69 Å². The molecule has 1 aromatic heterocycles. The van der Waals surface area contributed by atoms with Crippen LogP contribution in [0.15, 0.2) is 48.7 Å². The molecule has 5 heteroatoms. The summed E-state index contributed by atoms with van der Waals surface area (Å²) in [5, 5.41) is 1.31. The molecule has 0 bridgehead atoms. The van der Waals surface area contributed by atoms with E-state index in [1.807, 2.05) is 67.1 Å². The monoisotopic (exact) mass is 345 g/mol. The first kappa shape index (κ1) is 16.1. The number of benzene rings is 2. The summed E-state index contributed by atoms with van der Waals surface area (Å²) in [6.45, 7) is 3.92. The van der Waals surface area contributed by atoms with Gasteiger partial charge in [0.2, 0.25) is 0 Å². The number of imidazole rings is 1. The highest BCUT2D eigenvalue weighted by Crippen LogP contribution is 2.32. The van der Waals surface area contributed by atoms with Gasteiger partial charge >= 0.3 is 0 Å². The van der Waals surface area contributed by atoms with Crippen molar-refractivity contribution in [2.24, 2.45) is 5.73 Å². The van der Waals surface area contributed by atoms with Crippen LogP contribution in [0, 0.1) is 13.8 Å². The van der Waals surface area contributed by atoms with Gasteiger partial charge in [-0.2, -0.15) is 0 Å². The molecular weight excluding hydrogens is 329 g/mol. The van der Waals surface area contributed by atoms with Gasteiger partial charge in [-0.15, -0.1) is 0 Å². The number of aromatic nitrogens is 2. The molecule has 23 heavy (non-hydrogen) atoms. The number of hydrogen-bond donors (Lipinski definition) is 1. The minimum atomic E-state index is -0.349. The zero-order chi connectivity index (χ0) is 16.6. The van der Waals surface area contributed by atoms with Crippen LogP contribution in [0.2, 0.25) is 10.0 Å². The molecule has 1 heterocycles. The molecule has 0 spiro atoms. The molecule has 2 N–H and O–H groups in total. The fourth-order valence-electron chi connectivity index (χ4n) is 2.75. The van der Waals surface area contributed by atoms with E-state index in [0.717, 1.165) is 28.3 Å². The van der Waals surface area contributed by atoms with Gasteiger partial charge in [0, 0.05) is 16.2 Å². The minimum Gasteiger partial charge on any atom is -0.320 e. The van der Waals surface area contributed by atoms with Crippen LogP contribution in [-0.4, -0.2) is 9.55 Å². The van der Waals surface area contributed by atoms with Crippen LogP contribution in [0.1, 0.15) is 28.7 Å². The van der Waals surface area contributed by atoms with Crippen molar-refractivity contribution in [1.29, 1.82) is 0 Å². The van der Waals surface area contributed by atoms with Crippen molar-refractivity contribution in [3.63, 3.8) is 0 Å². The van der Waals surface area contributed by atoms with Crippen molar-refractivity contribution in [2.45, 2.75) is 19.9 Å². The number of rotatable bonds is 3. The third kappa shape index (κ3) is 3.13. The van der Waals surface area contributed by atoms with Crippen molar-refractivity contribution in [2.75, 3.05) is 0 Å². The summed E-state index contributed by atoms with van der Waals surface area (Å²) >= 11 is 12.5. The number of aryl methyl sites for hydroxylation is 2. The lowest BCUT2D eigenvalue weighted by molar-refractivity contribution is 0.843. The van der Waals surface area contributed by atoms with E-state index in [-0.39, 0.29) is 6.04 Å². The van der Waals surface area contributed by atoms with Crippen LogP contribution in [0.3, 0.4) is 0 Å². The van der Waals surface area contributed by atoms with Gasteiger partial charge in [0.25, 0.3) is 0 Å². The summed E-state index contributed by atoms with van der Waals surface area (Å²) in [5.74, 6) is 0.886. The molecule has 3 nitrogen and oxygen atoms in total. The highest BCUT2D eigenvalue weighted by molar-refractivity contribution is 6.31. The van der Waals surface area contributed by atoms with E-state index >= 15 is 0 Å². The number of nitrogens with zero attached hydrogens (tertiary/aromatic N) is 2. The van der Waals surface area contributed by atoms with Crippen molar-refractivity contribution in [3.05, 3.63) is 81.4 Å². The van der Waals surface area contributed by atoms with E-state index in [2.05, 4.69) is 4.98 Å². The Kier molecular flexibility index (Phi) is 4.44. The van der Waals surface area contributed by atoms with Crippen LogP contribution in [0.5, 0.6) is 0 Å². The molecule has 1 atom stereocenters. The van der Waals surface area contributed by atoms with Gasteiger partial charge < -0.3 is 10.3 Å². The average Bonchev–Trinajstić information content (AvgIpc) is 2.85. The maximum absolute atomic E-state index is 6.50. The van der Waals surface area contributed by atoms with E-state index in [0.29, 0.717) is 10.0 Å². The Bertz CT molecular complexity index is 855. The Hall–Kier alpha value is -1.81. The molecule has 2 aromatic carbocycles. The smallest absolute Gasteiger partial charge is 0.110 e. The molecule has 0 aliphatic carbocycles. The molecule has 0 radical (unpaired) electrons. The summed E-state index contributed by atoms with van der Waals surface area (Å²) in [7, 11) is 0. The number of halogens is 2. The molecular formula is C18H17Cl2N3. The Morgan fingerprint density at radius 1 is 1.04 bits per heavy atom. The molecule has 118 valence electrons. The van der Waals surface area contributed by atoms with Crippen LogP contribution in [-0.2, 0) is 0 Å². The van der Waals surface area contributed by atoms with E-state index < -0.39 is 0 Å². The van der Waals surface area contributed by atoms with Gasteiger partial charge in [-0.05, 0) is 43.2 Å². The van der Waals surface area contributed by atoms with Crippen molar-refractivity contribution in [1.82, 2.24) is 9.55 Å². The standard InChI is InChI=1S/C18H17Cl2N3/c1-11-10-23(12(2)22-11)17-9-13(19)7-8-15(17)18(21)14-5-3-4-6-16(14)20/h3-10,18H,21H2,1-2H3. The quantitative estimate of drug-likeness (QED) is 0.737. The van der Waals surface area contributed by atoms with Crippen LogP contribution < -0.4 is 5.73 Å². The lowest BCUT2D eigenvalue weighted by atomic mass is 9.97. The summed E-state index contributed by atoms with van der Waals surface area (Å²) in [6.07, 6.45) is 1.98. The number of nitrogens with two attached hydrogens (primary N) is 1. The maximum Gasteiger partial charge on any atom is 0.110 e. The predicted octanol–water partition coefficient (Wildman–Crippen LogP) is 4.84. The van der Waals surface area contributed by atoms with Crippen LogP contribution >= 0.6 is 23.2 Å². The zero-order valence-electron chi connectivity index (χ0n) is 12.9. The number of hydrogen-bond acceptors (Lipinski definition) is 2. The zero-order valence-corrected chi connectivity index (χ0v) is 14.4. The second-order valence-electron chi connectivity index (χ2n) is 5.50. The molecule has 0 saturated carbocycles. The van der Waals surface area contributed by atoms with Crippen molar-refractivity contribution >= 4 is 23.2 Å². The van der Waals surface area contributed by atoms with Gasteiger partial charge in [-0.3, -0.25) is 0 Å². The van der Waals surface area contributed by atoms with E-state index in [9.17, 15) is 0 Å². The van der Waals surface area contributed by atoms with Gasteiger partial charge in [0.15, 0.2) is 0 Å². The Morgan fingerprint density at radius 2 is 1.78 bits per heavy atom. The predicted molar refractivity (Wildman–Crippen MR) is 95.5 cm³/mol. The van der Waals surface area contributed by atoms with Crippen molar-refractivity contribution < 1.29 is 0 Å². The van der Waals surface area contributed by atoms with Crippen LogP contribution in [0.25, 0.3) is 5.69 Å². The maximum atomic E-state index is 6.50. The Labute approximate surface area is 145 Å². The van der Waals surface area contributed by atoms with Gasteiger partial charge in [-0.25, -0.2) is 4.98 Å². The fraction of sp³-hybridized carbons (Fsp3) is 0.167. The lowest BCUT2D eigenvalue weighted by Crippen LogP contribution is -2.15. The highest BCUT2D eigenvalue weighted by atomic mass is 35.5. The topological polar surface area (TPSA) is 43.8 Å². The molecule has 3 aromatic rings. The second kappa shape index (κ2) is 6.36. The largest absolute Gasteiger partial charge is 0.320 e. The molecule has 0 fully saturated rings. The summed E-state index contributed by atoms with van der Waals surface area (Å²) in [6, 6.07) is 13.0. The normalized spacial score (nSPS) is 12.4. The first-order valence-corrected chi connectivity index (χ1v) is 8.05. The molecule has 0 amide bonds. The van der Waals surface area contributed by atoms with Gasteiger partial charge in [0.1, 0.15) is 5.82 Å². The fourth-order valence-corrected chi connectivity index (χ4v) is 3.16. The molecule has 0 saturated heterocycles. The first-order valence-electron chi connectivity index (χ1n) is 7.30. The van der Waals surface area contributed by atoms with E-state index in [4.69, 9.17) is 28.9 Å². The Morgan fingerprint density at radius 3 is 2.43 bits per heavy atom. The van der Waals surface area contributed by atoms with Gasteiger partial charge in [0.05, 0.1) is 17.4 Å². The summed E-state index contributed by atoms with van der Waals surface area (Å²) < 4.78 is 2.01. The van der Waals surface area contributed by atoms with Crippen LogP contribution in [0.4, 0.5) is 0 Å². The molecule has 0 aliphatic rings. The van der Waals surface area contributed by atoms with Gasteiger partial charge in [-0.1, -0.05) is 47.5 Å². The average molecular weight is 346 g/mol. The lowest BCUT2D eigenvalue weighted by Gasteiger charge is -2.19. The third-order valence-corrected chi connectivity index (χ3v) is 4.41.